The van der Waals surface area contributed by atoms with Gasteiger partial charge in [-0.15, -0.1) is 0 Å². The monoisotopic (exact) mass is 238 g/mol. The maximum absolute atomic E-state index is 6.25. The van der Waals surface area contributed by atoms with Gasteiger partial charge in [0.15, 0.2) is 0 Å². The predicted octanol–water partition coefficient (Wildman–Crippen LogP) is 4.07. The number of unbranched alkanes of at least 4 members (excludes halogenated alkanes) is 5. The molecule has 0 atom stereocenters. The van der Waals surface area contributed by atoms with Gasteiger partial charge >= 0.3 is 0 Å². The van der Waals surface area contributed by atoms with Crippen LogP contribution in [0.2, 0.25) is 0 Å². The Kier molecular flexibility index (Phi) is 10.3. The maximum atomic E-state index is 6.25. The van der Waals surface area contributed by atoms with Crippen LogP contribution in [-0.4, -0.2) is 31.2 Å². The molecule has 2 nitrogen and oxygen atoms in total. The lowest BCUT2D eigenvalue weighted by Crippen LogP contribution is -2.48. The first kappa shape index (κ1) is 16.4. The van der Waals surface area contributed by atoms with E-state index in [1.165, 1.54) is 81.9 Å². The van der Waals surface area contributed by atoms with Crippen molar-refractivity contribution in [2.24, 2.45) is 0 Å². The summed E-state index contributed by atoms with van der Waals surface area (Å²) in [4.78, 5) is 0. The van der Waals surface area contributed by atoms with E-state index in [9.17, 15) is 0 Å². The Balaban J connectivity index is 0.00000121. The Hall–Kier alpha value is -0.550. The molecule has 0 radical (unpaired) electrons. The molecule has 0 spiro atoms. The zero-order valence-electron chi connectivity index (χ0n) is 11.9. The second kappa shape index (κ2) is 10.6. The molecule has 0 N–H and O–H groups in total. The molecule has 1 aliphatic rings. The molecule has 0 unspecified atom stereocenters. The summed E-state index contributed by atoms with van der Waals surface area (Å²) in [6.45, 7) is 11.4. The summed E-state index contributed by atoms with van der Waals surface area (Å²) in [6.07, 6.45) is 13.1. The lowest BCUT2D eigenvalue weighted by atomic mass is 10.1. The van der Waals surface area contributed by atoms with E-state index in [2.05, 4.69) is 14.0 Å². The Morgan fingerprint density at radius 1 is 0.882 bits per heavy atom. The first-order valence-corrected chi connectivity index (χ1v) is 7.33. The van der Waals surface area contributed by atoms with Crippen molar-refractivity contribution in [3.63, 3.8) is 0 Å². The van der Waals surface area contributed by atoms with Gasteiger partial charge in [-0.2, -0.15) is 0 Å². The van der Waals surface area contributed by atoms with Crippen LogP contribution in [0, 0.1) is 11.8 Å². The van der Waals surface area contributed by atoms with Crippen molar-refractivity contribution in [3.05, 3.63) is 6.57 Å². The SMILES string of the molecule is CCCCCCCC[N+]1(C)CCCCC1.[C-]#N. The molecule has 0 aromatic rings. The fourth-order valence-corrected chi connectivity index (χ4v) is 2.77. The molecule has 2 heteroatoms. The zero-order chi connectivity index (χ0) is 13.0. The third-order valence-electron chi connectivity index (χ3n) is 3.95. The third kappa shape index (κ3) is 8.21. The molecule has 1 saturated heterocycles. The highest BCUT2D eigenvalue weighted by atomic mass is 15.3. The molecular formula is C15H30N2. The van der Waals surface area contributed by atoms with Crippen LogP contribution < -0.4 is 0 Å². The van der Waals surface area contributed by atoms with E-state index < -0.39 is 0 Å². The van der Waals surface area contributed by atoms with E-state index >= 15 is 0 Å². The predicted molar refractivity (Wildman–Crippen MR) is 73.0 cm³/mol. The lowest BCUT2D eigenvalue weighted by molar-refractivity contribution is -0.914. The van der Waals surface area contributed by atoms with Crippen molar-refractivity contribution in [1.82, 2.24) is 0 Å². The maximum Gasteiger partial charge on any atom is 0.0784 e. The van der Waals surface area contributed by atoms with Gasteiger partial charge in [0.05, 0.1) is 26.7 Å². The Bertz CT molecular complexity index is 181. The number of hydrogen-bond acceptors (Lipinski definition) is 1. The zero-order valence-corrected chi connectivity index (χ0v) is 11.9. The summed E-state index contributed by atoms with van der Waals surface area (Å²) >= 11 is 0. The molecule has 17 heavy (non-hydrogen) atoms. The Morgan fingerprint density at radius 3 is 2.00 bits per heavy atom. The topological polar surface area (TPSA) is 23.8 Å². The molecule has 0 saturated carbocycles. The van der Waals surface area contributed by atoms with Crippen LogP contribution in [0.5, 0.6) is 0 Å². The van der Waals surface area contributed by atoms with Gasteiger partial charge in [-0.1, -0.05) is 32.6 Å². The molecule has 1 fully saturated rings. The number of quaternary nitrogens is 1. The van der Waals surface area contributed by atoms with Gasteiger partial charge in [-0.3, -0.25) is 0 Å². The van der Waals surface area contributed by atoms with Crippen LogP contribution in [-0.2, 0) is 0 Å². The molecule has 0 bridgehead atoms. The van der Waals surface area contributed by atoms with Gasteiger partial charge in [0, 0.05) is 0 Å². The van der Waals surface area contributed by atoms with Gasteiger partial charge in [-0.25, -0.2) is 0 Å². The quantitative estimate of drug-likeness (QED) is 0.372. The Labute approximate surface area is 108 Å². The summed E-state index contributed by atoms with van der Waals surface area (Å²) < 4.78 is 1.37. The van der Waals surface area contributed by atoms with Gasteiger partial charge in [0.1, 0.15) is 0 Å². The van der Waals surface area contributed by atoms with Crippen molar-refractivity contribution in [2.75, 3.05) is 26.7 Å². The van der Waals surface area contributed by atoms with Gasteiger partial charge < -0.3 is 16.3 Å². The summed E-state index contributed by atoms with van der Waals surface area (Å²) in [6, 6.07) is 0. The molecule has 0 aromatic carbocycles. The summed E-state index contributed by atoms with van der Waals surface area (Å²) in [5.41, 5.74) is 0. The van der Waals surface area contributed by atoms with Crippen LogP contribution in [0.4, 0.5) is 0 Å². The van der Waals surface area contributed by atoms with Crippen LogP contribution >= 0.6 is 0 Å². The minimum Gasteiger partial charge on any atom is -0.512 e. The summed E-state index contributed by atoms with van der Waals surface area (Å²) in [7, 11) is 2.46. The molecule has 1 aliphatic heterocycles. The summed E-state index contributed by atoms with van der Waals surface area (Å²) in [5.74, 6) is 0. The molecule has 1 heterocycles. The average Bonchev–Trinajstić information content (AvgIpc) is 2.37. The molecule has 0 aromatic heterocycles. The minimum atomic E-state index is 1.37. The molecule has 0 amide bonds. The number of likely N-dealkylation sites (tertiary alicyclic amines) is 1. The fourth-order valence-electron chi connectivity index (χ4n) is 2.77. The van der Waals surface area contributed by atoms with Crippen molar-refractivity contribution < 1.29 is 4.48 Å². The van der Waals surface area contributed by atoms with Crippen LogP contribution in [0.3, 0.4) is 0 Å². The normalized spacial score (nSPS) is 18.1. The fraction of sp³-hybridized carbons (Fsp3) is 0.933. The third-order valence-corrected chi connectivity index (χ3v) is 3.95. The molecule has 1 rings (SSSR count). The summed E-state index contributed by atoms with van der Waals surface area (Å²) in [5, 5.41) is 6.25. The second-order valence-electron chi connectivity index (χ2n) is 5.62. The molecule has 100 valence electrons. The number of piperidine rings is 1. The first-order valence-electron chi connectivity index (χ1n) is 7.33. The van der Waals surface area contributed by atoms with E-state index in [1.54, 1.807) is 0 Å². The average molecular weight is 238 g/mol. The van der Waals surface area contributed by atoms with E-state index in [0.29, 0.717) is 0 Å². The van der Waals surface area contributed by atoms with Crippen molar-refractivity contribution in [2.45, 2.75) is 64.7 Å². The van der Waals surface area contributed by atoms with E-state index in [1.807, 2.05) is 0 Å². The van der Waals surface area contributed by atoms with E-state index in [4.69, 9.17) is 11.8 Å². The second-order valence-corrected chi connectivity index (χ2v) is 5.62. The highest BCUT2D eigenvalue weighted by molar-refractivity contribution is 4.52. The molecular weight excluding hydrogens is 208 g/mol. The van der Waals surface area contributed by atoms with Gasteiger partial charge in [0.25, 0.3) is 0 Å². The van der Waals surface area contributed by atoms with Crippen molar-refractivity contribution >= 4 is 0 Å². The number of hydrogen-bond donors (Lipinski definition) is 0. The molecule has 0 aliphatic carbocycles. The number of nitrogens with zero attached hydrogens (tertiary/aromatic N) is 2. The Morgan fingerprint density at radius 2 is 1.41 bits per heavy atom. The largest absolute Gasteiger partial charge is 0.512 e. The van der Waals surface area contributed by atoms with Crippen LogP contribution in [0.15, 0.2) is 0 Å². The number of rotatable bonds is 7. The smallest absolute Gasteiger partial charge is 0.0784 e. The first-order chi connectivity index (χ1) is 8.27. The highest BCUT2D eigenvalue weighted by Crippen LogP contribution is 2.17. The van der Waals surface area contributed by atoms with Crippen LogP contribution in [0.25, 0.3) is 0 Å². The van der Waals surface area contributed by atoms with Crippen LogP contribution in [0.1, 0.15) is 64.7 Å². The lowest BCUT2D eigenvalue weighted by Gasteiger charge is -2.37. The standard InChI is InChI=1S/C14H30N.CN/c1-3-4-5-6-7-9-12-15(2)13-10-8-11-14-15;1-2/h3-14H2,1-2H3;/q+1;-1. The highest BCUT2D eigenvalue weighted by Gasteiger charge is 2.23. The van der Waals surface area contributed by atoms with E-state index in [0.717, 1.165) is 0 Å². The van der Waals surface area contributed by atoms with E-state index in [-0.39, 0.29) is 0 Å². The van der Waals surface area contributed by atoms with Gasteiger partial charge in [-0.05, 0) is 32.1 Å². The minimum absolute atomic E-state index is 1.37. The van der Waals surface area contributed by atoms with Gasteiger partial charge in [0.2, 0.25) is 0 Å². The van der Waals surface area contributed by atoms with Crippen molar-refractivity contribution in [3.8, 4) is 0 Å². The van der Waals surface area contributed by atoms with Crippen molar-refractivity contribution in [1.29, 1.82) is 5.26 Å².